The van der Waals surface area contributed by atoms with E-state index in [0.29, 0.717) is 0 Å². The third-order valence-corrected chi connectivity index (χ3v) is 0.246. The lowest BCUT2D eigenvalue weighted by atomic mass is 10.3. The minimum absolute atomic E-state index is 0.135. The van der Waals surface area contributed by atoms with Crippen LogP contribution in [0.2, 0.25) is 0 Å². The first-order valence-electron chi connectivity index (χ1n) is 3.92. The summed E-state index contributed by atoms with van der Waals surface area (Å²) in [4.78, 5) is 0. The van der Waals surface area contributed by atoms with Gasteiger partial charge in [-0.3, -0.25) is 0 Å². The van der Waals surface area contributed by atoms with Gasteiger partial charge in [-0.15, -0.1) is 6.58 Å². The van der Waals surface area contributed by atoms with Gasteiger partial charge in [-0.25, -0.2) is 0 Å². The van der Waals surface area contributed by atoms with Gasteiger partial charge < -0.3 is 0 Å². The van der Waals surface area contributed by atoms with Crippen molar-refractivity contribution in [2.75, 3.05) is 0 Å². The lowest BCUT2D eigenvalue weighted by Gasteiger charge is -1.72. The zero-order valence-electron chi connectivity index (χ0n) is 7.99. The largest absolute Gasteiger partial charge is 0.103 e. The minimum atomic E-state index is -2.54. The van der Waals surface area contributed by atoms with Crippen LogP contribution in [0.3, 0.4) is 0 Å². The van der Waals surface area contributed by atoms with E-state index in [4.69, 9.17) is 6.85 Å². The fourth-order valence-electron chi connectivity index (χ4n) is 0.0722. The third kappa shape index (κ3) is 3.74. The van der Waals surface area contributed by atoms with Crippen LogP contribution >= 0.6 is 0 Å². The van der Waals surface area contributed by atoms with E-state index in [1.165, 1.54) is 6.08 Å². The number of rotatable bonds is 2. The molecule has 0 rings (SSSR count). The van der Waals surface area contributed by atoms with E-state index in [-0.39, 0.29) is 6.42 Å². The normalized spacial score (nSPS) is 27.6. The van der Waals surface area contributed by atoms with Crippen LogP contribution in [0.1, 0.15) is 26.5 Å². The van der Waals surface area contributed by atoms with Crippen molar-refractivity contribution >= 4 is 0 Å². The van der Waals surface area contributed by atoms with Crippen molar-refractivity contribution in [3.8, 4) is 0 Å². The molecule has 0 atom stereocenters. The standard InChI is InChI=1S/C5H10/c1-3-5-4-2/h3H,1,4-5H2,2H3/i2D3,4D2. The lowest BCUT2D eigenvalue weighted by molar-refractivity contribution is 0.961. The maximum absolute atomic E-state index is 7.01. The first-order valence-corrected chi connectivity index (χ1v) is 1.42. The zero-order valence-corrected chi connectivity index (χ0v) is 2.99. The molecule has 0 aromatic carbocycles. The molecule has 0 heteroatoms. The van der Waals surface area contributed by atoms with Crippen molar-refractivity contribution in [1.29, 1.82) is 0 Å². The summed E-state index contributed by atoms with van der Waals surface area (Å²) < 4.78 is 34.3. The van der Waals surface area contributed by atoms with Gasteiger partial charge >= 0.3 is 0 Å². The van der Waals surface area contributed by atoms with Crippen molar-refractivity contribution < 1.29 is 6.85 Å². The van der Waals surface area contributed by atoms with Gasteiger partial charge in [-0.2, -0.15) is 0 Å². The molecule has 0 fully saturated rings. The summed E-state index contributed by atoms with van der Waals surface area (Å²) in [5.74, 6) is 0. The average Bonchev–Trinajstić information content (AvgIpc) is 1.61. The van der Waals surface area contributed by atoms with E-state index >= 15 is 0 Å². The van der Waals surface area contributed by atoms with Gasteiger partial charge in [0.1, 0.15) is 0 Å². The maximum atomic E-state index is 7.01. The Labute approximate surface area is 40.5 Å². The average molecular weight is 75.2 g/mol. The Bertz CT molecular complexity index is 122. The molecule has 0 saturated carbocycles. The highest BCUT2D eigenvalue weighted by Crippen LogP contribution is 1.82. The molecule has 0 nitrogen and oxygen atoms in total. The molecular formula is C5H10. The second-order valence-corrected chi connectivity index (χ2v) is 0.670. The highest BCUT2D eigenvalue weighted by molar-refractivity contribution is 4.63. The van der Waals surface area contributed by atoms with Crippen molar-refractivity contribution in [1.82, 2.24) is 0 Å². The van der Waals surface area contributed by atoms with Gasteiger partial charge in [0, 0.05) is 6.85 Å². The van der Waals surface area contributed by atoms with Crippen LogP contribution in [0.25, 0.3) is 0 Å². The van der Waals surface area contributed by atoms with Crippen molar-refractivity contribution in [2.45, 2.75) is 19.6 Å². The fourth-order valence-corrected chi connectivity index (χ4v) is 0.0722. The van der Waals surface area contributed by atoms with Crippen LogP contribution in [0.15, 0.2) is 12.7 Å². The summed E-state index contributed by atoms with van der Waals surface area (Å²) in [5, 5.41) is 0. The molecule has 0 aliphatic carbocycles. The monoisotopic (exact) mass is 75.1 g/mol. The molecule has 0 unspecified atom stereocenters. The van der Waals surface area contributed by atoms with Crippen molar-refractivity contribution in [3.63, 3.8) is 0 Å². The molecule has 5 heavy (non-hydrogen) atoms. The first kappa shape index (κ1) is 0.868. The van der Waals surface area contributed by atoms with Crippen LogP contribution in [-0.2, 0) is 0 Å². The lowest BCUT2D eigenvalue weighted by Crippen LogP contribution is -1.52. The van der Waals surface area contributed by atoms with Crippen molar-refractivity contribution in [2.24, 2.45) is 0 Å². The molecule has 0 saturated heterocycles. The SMILES string of the molecule is [2H]C([2H])([2H])C([2H])([2H])CC=C. The molecule has 0 heterocycles. The second-order valence-electron chi connectivity index (χ2n) is 0.670. The van der Waals surface area contributed by atoms with Crippen LogP contribution in [0.5, 0.6) is 0 Å². The molecule has 0 aromatic heterocycles. The van der Waals surface area contributed by atoms with Gasteiger partial charge in [0.05, 0.1) is 0 Å². The van der Waals surface area contributed by atoms with Gasteiger partial charge in [0.2, 0.25) is 0 Å². The summed E-state index contributed by atoms with van der Waals surface area (Å²) in [5.41, 5.74) is 0. The number of hydrogen-bond donors (Lipinski definition) is 0. The molecule has 0 N–H and O–H groups in total. The highest BCUT2D eigenvalue weighted by atomic mass is 13.7. The van der Waals surface area contributed by atoms with E-state index in [1.54, 1.807) is 0 Å². The van der Waals surface area contributed by atoms with Crippen LogP contribution in [-0.4, -0.2) is 0 Å². The topological polar surface area (TPSA) is 0 Å². The van der Waals surface area contributed by atoms with E-state index in [2.05, 4.69) is 6.58 Å². The van der Waals surface area contributed by atoms with Crippen molar-refractivity contribution in [3.05, 3.63) is 12.7 Å². The second kappa shape index (κ2) is 3.74. The number of hydrogen-bond acceptors (Lipinski definition) is 0. The Morgan fingerprint density at radius 3 is 3.40 bits per heavy atom. The summed E-state index contributed by atoms with van der Waals surface area (Å²) in [7, 11) is 0. The summed E-state index contributed by atoms with van der Waals surface area (Å²) in [6, 6.07) is 0. The smallest absolute Gasteiger partial charge is 0.0267 e. The maximum Gasteiger partial charge on any atom is 0.0267 e. The van der Waals surface area contributed by atoms with Gasteiger partial charge in [0.15, 0.2) is 0 Å². The molecule has 0 amide bonds. The molecular weight excluding hydrogens is 60.1 g/mol. The van der Waals surface area contributed by atoms with E-state index in [9.17, 15) is 0 Å². The molecule has 30 valence electrons. The summed E-state index contributed by atoms with van der Waals surface area (Å²) in [6.07, 6.45) is -0.995. The fraction of sp³-hybridized carbons (Fsp3) is 0.600. The van der Waals surface area contributed by atoms with Crippen LogP contribution in [0.4, 0.5) is 0 Å². The van der Waals surface area contributed by atoms with Gasteiger partial charge in [-0.1, -0.05) is 19.3 Å². The molecule has 0 radical (unpaired) electrons. The zero-order chi connectivity index (χ0) is 8.41. The quantitative estimate of drug-likeness (QED) is 0.440. The molecule has 0 aliphatic rings. The Balaban J connectivity index is 4.23. The molecule has 0 aliphatic heterocycles. The summed E-state index contributed by atoms with van der Waals surface area (Å²) in [6.45, 7) is 0.729. The van der Waals surface area contributed by atoms with Crippen LogP contribution in [0, 0.1) is 0 Å². The van der Waals surface area contributed by atoms with Crippen LogP contribution < -0.4 is 0 Å². The van der Waals surface area contributed by atoms with Gasteiger partial charge in [0.25, 0.3) is 0 Å². The predicted molar refractivity (Wildman–Crippen MR) is 25.1 cm³/mol. The molecule has 0 spiro atoms. The number of allylic oxidation sites excluding steroid dienone is 1. The van der Waals surface area contributed by atoms with E-state index in [0.717, 1.165) is 0 Å². The highest BCUT2D eigenvalue weighted by Gasteiger charge is 1.61. The Kier molecular flexibility index (Phi) is 0.649. The van der Waals surface area contributed by atoms with E-state index < -0.39 is 13.2 Å². The molecule has 0 bridgehead atoms. The predicted octanol–water partition coefficient (Wildman–Crippen LogP) is 1.97. The summed E-state index contributed by atoms with van der Waals surface area (Å²) >= 11 is 0. The Morgan fingerprint density at radius 2 is 3.20 bits per heavy atom. The molecule has 0 aromatic rings. The van der Waals surface area contributed by atoms with E-state index in [1.807, 2.05) is 0 Å². The van der Waals surface area contributed by atoms with Gasteiger partial charge in [-0.05, 0) is 6.42 Å². The first-order chi connectivity index (χ1) is 4.31. The Morgan fingerprint density at radius 1 is 2.40 bits per heavy atom. The minimum Gasteiger partial charge on any atom is -0.103 e. The third-order valence-electron chi connectivity index (χ3n) is 0.246. The Hall–Kier alpha value is -0.260.